The molecule has 192 valence electrons. The molecule has 2 aliphatic heterocycles. The van der Waals surface area contributed by atoms with Crippen LogP contribution in [0.1, 0.15) is 16.8 Å². The Morgan fingerprint density at radius 1 is 0.946 bits per heavy atom. The fraction of sp³-hybridized carbons (Fsp3) is 0.346. The number of sulfonamides is 1. The summed E-state index contributed by atoms with van der Waals surface area (Å²) in [5.41, 5.74) is 2.74. The fourth-order valence-corrected chi connectivity index (χ4v) is 6.37. The van der Waals surface area contributed by atoms with E-state index in [1.54, 1.807) is 24.3 Å². The maximum absolute atomic E-state index is 13.4. The van der Waals surface area contributed by atoms with Crippen molar-refractivity contribution in [1.82, 2.24) is 14.3 Å². The Kier molecular flexibility index (Phi) is 6.70. The molecule has 3 aromatic rings. The third kappa shape index (κ3) is 4.82. The van der Waals surface area contributed by atoms with Gasteiger partial charge in [0.25, 0.3) is 0 Å². The zero-order chi connectivity index (χ0) is 26.2. The summed E-state index contributed by atoms with van der Waals surface area (Å²) in [6, 6.07) is 14.8. The molecule has 5 rings (SSSR count). The van der Waals surface area contributed by atoms with E-state index in [0.29, 0.717) is 31.3 Å². The quantitative estimate of drug-likeness (QED) is 0.506. The lowest BCUT2D eigenvalue weighted by atomic mass is 10.1. The SMILES string of the molecule is CN(C)c1nc(N2CCN(c3ccc(F)cc3)CC2)nc2c1CN(S(=O)(=O)c1ccccc1C#N)CC2. The minimum Gasteiger partial charge on any atom is -0.368 e. The van der Waals surface area contributed by atoms with E-state index in [9.17, 15) is 18.1 Å². The van der Waals surface area contributed by atoms with Gasteiger partial charge in [-0.05, 0) is 36.4 Å². The second-order valence-electron chi connectivity index (χ2n) is 9.31. The summed E-state index contributed by atoms with van der Waals surface area (Å²) in [4.78, 5) is 16.0. The highest BCUT2D eigenvalue weighted by atomic mass is 32.2. The number of halogens is 1. The van der Waals surface area contributed by atoms with Crippen molar-refractivity contribution in [2.75, 3.05) is 61.5 Å². The summed E-state index contributed by atoms with van der Waals surface area (Å²) in [6.45, 7) is 3.37. The predicted octanol–water partition coefficient (Wildman–Crippen LogP) is 2.63. The van der Waals surface area contributed by atoms with Gasteiger partial charge in [-0.25, -0.2) is 17.8 Å². The number of nitriles is 1. The number of hydrogen-bond donors (Lipinski definition) is 0. The number of anilines is 3. The topological polar surface area (TPSA) is 96.7 Å². The van der Waals surface area contributed by atoms with Crippen LogP contribution >= 0.6 is 0 Å². The molecule has 0 N–H and O–H groups in total. The zero-order valence-electron chi connectivity index (χ0n) is 20.8. The Morgan fingerprint density at radius 3 is 2.30 bits per heavy atom. The van der Waals surface area contributed by atoms with Gasteiger partial charge in [-0.1, -0.05) is 12.1 Å². The first-order valence-electron chi connectivity index (χ1n) is 12.1. The van der Waals surface area contributed by atoms with Crippen LogP contribution in [0.3, 0.4) is 0 Å². The van der Waals surface area contributed by atoms with Crippen LogP contribution in [-0.2, 0) is 23.0 Å². The Balaban J connectivity index is 1.38. The molecule has 0 radical (unpaired) electrons. The van der Waals surface area contributed by atoms with Crippen LogP contribution in [0.2, 0.25) is 0 Å². The number of aromatic nitrogens is 2. The molecular formula is C26H28FN7O2S. The molecule has 0 atom stereocenters. The zero-order valence-corrected chi connectivity index (χ0v) is 21.6. The number of rotatable bonds is 5. The summed E-state index contributed by atoms with van der Waals surface area (Å²) in [5, 5.41) is 9.42. The normalized spacial score (nSPS) is 16.3. The van der Waals surface area contributed by atoms with Crippen molar-refractivity contribution in [2.24, 2.45) is 0 Å². The third-order valence-electron chi connectivity index (χ3n) is 6.79. The molecule has 1 fully saturated rings. The number of piperazine rings is 1. The monoisotopic (exact) mass is 521 g/mol. The highest BCUT2D eigenvalue weighted by molar-refractivity contribution is 7.89. The van der Waals surface area contributed by atoms with Gasteiger partial charge in [0, 0.05) is 71.0 Å². The Labute approximate surface area is 216 Å². The van der Waals surface area contributed by atoms with Crippen LogP contribution < -0.4 is 14.7 Å². The molecule has 1 aromatic heterocycles. The van der Waals surface area contributed by atoms with Crippen molar-refractivity contribution in [3.8, 4) is 6.07 Å². The Hall–Kier alpha value is -3.75. The average molecular weight is 522 g/mol. The van der Waals surface area contributed by atoms with Gasteiger partial charge in [-0.3, -0.25) is 0 Å². The minimum atomic E-state index is -3.86. The molecule has 0 amide bonds. The molecule has 37 heavy (non-hydrogen) atoms. The van der Waals surface area contributed by atoms with E-state index in [0.717, 1.165) is 30.0 Å². The lowest BCUT2D eigenvalue weighted by Crippen LogP contribution is -2.47. The van der Waals surface area contributed by atoms with Crippen LogP contribution in [0.25, 0.3) is 0 Å². The van der Waals surface area contributed by atoms with E-state index >= 15 is 0 Å². The second kappa shape index (κ2) is 9.95. The Morgan fingerprint density at radius 2 is 1.62 bits per heavy atom. The lowest BCUT2D eigenvalue weighted by Gasteiger charge is -2.37. The summed E-state index contributed by atoms with van der Waals surface area (Å²) in [7, 11) is -0.0860. The maximum atomic E-state index is 13.4. The van der Waals surface area contributed by atoms with Gasteiger partial charge >= 0.3 is 0 Å². The molecule has 0 unspecified atom stereocenters. The first-order valence-corrected chi connectivity index (χ1v) is 13.5. The van der Waals surface area contributed by atoms with E-state index < -0.39 is 10.0 Å². The van der Waals surface area contributed by atoms with Gasteiger partial charge in [0.2, 0.25) is 16.0 Å². The summed E-state index contributed by atoms with van der Waals surface area (Å²) in [6.07, 6.45) is 0.454. The van der Waals surface area contributed by atoms with Crippen LogP contribution in [0.4, 0.5) is 21.8 Å². The second-order valence-corrected chi connectivity index (χ2v) is 11.2. The number of nitrogens with zero attached hydrogens (tertiary/aromatic N) is 7. The molecule has 2 aromatic carbocycles. The van der Waals surface area contributed by atoms with E-state index in [1.165, 1.54) is 28.6 Å². The van der Waals surface area contributed by atoms with E-state index in [1.807, 2.05) is 25.1 Å². The summed E-state index contributed by atoms with van der Waals surface area (Å²) in [5.74, 6) is 1.07. The lowest BCUT2D eigenvalue weighted by molar-refractivity contribution is 0.387. The van der Waals surface area contributed by atoms with Crippen LogP contribution in [0.5, 0.6) is 0 Å². The van der Waals surface area contributed by atoms with Crippen molar-refractivity contribution in [2.45, 2.75) is 17.9 Å². The van der Waals surface area contributed by atoms with Crippen molar-refractivity contribution >= 4 is 27.5 Å². The van der Waals surface area contributed by atoms with E-state index in [-0.39, 0.29) is 29.4 Å². The first kappa shape index (κ1) is 24.9. The number of benzene rings is 2. The van der Waals surface area contributed by atoms with E-state index in [4.69, 9.17) is 9.97 Å². The number of hydrogen-bond acceptors (Lipinski definition) is 8. The molecule has 1 saturated heterocycles. The standard InChI is InChI=1S/C26H28FN7O2S/c1-31(2)25-22-18-34(37(35,36)24-6-4-3-5-19(24)17-28)12-11-23(22)29-26(30-25)33-15-13-32(14-16-33)21-9-7-20(27)8-10-21/h3-10H,11-16,18H2,1-2H3. The first-order chi connectivity index (χ1) is 17.8. The average Bonchev–Trinajstić information content (AvgIpc) is 2.92. The van der Waals surface area contributed by atoms with Crippen LogP contribution in [-0.4, -0.2) is 69.5 Å². The smallest absolute Gasteiger partial charge is 0.244 e. The molecule has 0 bridgehead atoms. The predicted molar refractivity (Wildman–Crippen MR) is 140 cm³/mol. The van der Waals surface area contributed by atoms with Crippen molar-refractivity contribution in [3.05, 3.63) is 71.2 Å². The highest BCUT2D eigenvalue weighted by Crippen LogP contribution is 2.32. The minimum absolute atomic E-state index is 0.0175. The van der Waals surface area contributed by atoms with Crippen LogP contribution in [0, 0.1) is 17.1 Å². The fourth-order valence-electron chi connectivity index (χ4n) is 4.82. The number of fused-ring (bicyclic) bond motifs is 1. The molecule has 3 heterocycles. The summed E-state index contributed by atoms with van der Waals surface area (Å²) >= 11 is 0. The molecule has 0 saturated carbocycles. The van der Waals surface area contributed by atoms with Crippen LogP contribution in [0.15, 0.2) is 53.4 Å². The van der Waals surface area contributed by atoms with Crippen molar-refractivity contribution < 1.29 is 12.8 Å². The molecule has 0 aliphatic carbocycles. The largest absolute Gasteiger partial charge is 0.368 e. The van der Waals surface area contributed by atoms with E-state index in [2.05, 4.69) is 9.80 Å². The van der Waals surface area contributed by atoms with Gasteiger partial charge in [0.15, 0.2) is 0 Å². The third-order valence-corrected chi connectivity index (χ3v) is 8.70. The maximum Gasteiger partial charge on any atom is 0.244 e. The molecular weight excluding hydrogens is 493 g/mol. The van der Waals surface area contributed by atoms with Gasteiger partial charge in [-0.2, -0.15) is 14.6 Å². The van der Waals surface area contributed by atoms with Gasteiger partial charge < -0.3 is 14.7 Å². The molecule has 2 aliphatic rings. The Bertz CT molecular complexity index is 1450. The highest BCUT2D eigenvalue weighted by Gasteiger charge is 2.33. The van der Waals surface area contributed by atoms with Crippen molar-refractivity contribution in [3.63, 3.8) is 0 Å². The molecule has 11 heteroatoms. The van der Waals surface area contributed by atoms with Gasteiger partial charge in [0.05, 0.1) is 16.2 Å². The van der Waals surface area contributed by atoms with Gasteiger partial charge in [0.1, 0.15) is 17.7 Å². The molecule has 0 spiro atoms. The van der Waals surface area contributed by atoms with Crippen molar-refractivity contribution in [1.29, 1.82) is 5.26 Å². The van der Waals surface area contributed by atoms with Gasteiger partial charge in [-0.15, -0.1) is 0 Å². The molecule has 9 nitrogen and oxygen atoms in total. The summed E-state index contributed by atoms with van der Waals surface area (Å²) < 4.78 is 41.5.